The van der Waals surface area contributed by atoms with Gasteiger partial charge in [-0.05, 0) is 5.56 Å². The molecule has 1 aliphatic rings. The van der Waals surface area contributed by atoms with Gasteiger partial charge in [-0.3, -0.25) is 9.59 Å². The summed E-state index contributed by atoms with van der Waals surface area (Å²) in [5, 5.41) is 0. The average Bonchev–Trinajstić information content (AvgIpc) is 2.24. The Morgan fingerprint density at radius 2 is 1.80 bits per heavy atom. The minimum atomic E-state index is -1.52. The van der Waals surface area contributed by atoms with Crippen LogP contribution in [0.2, 0.25) is 0 Å². The van der Waals surface area contributed by atoms with E-state index in [9.17, 15) is 14.0 Å². The largest absolute Gasteiger partial charge is 0.299 e. The lowest BCUT2D eigenvalue weighted by molar-refractivity contribution is -0.134. The van der Waals surface area contributed by atoms with Crippen LogP contribution in [0.25, 0.3) is 0 Å². The Labute approximate surface area is 87.1 Å². The van der Waals surface area contributed by atoms with Crippen LogP contribution in [0, 0.1) is 0 Å². The molecule has 0 saturated heterocycles. The maximum atomic E-state index is 13.6. The monoisotopic (exact) mass is 206 g/mol. The minimum absolute atomic E-state index is 0.136. The van der Waals surface area contributed by atoms with Gasteiger partial charge in [0.2, 0.25) is 0 Å². The lowest BCUT2D eigenvalue weighted by Gasteiger charge is -2.24. The quantitative estimate of drug-likeness (QED) is 0.659. The summed E-state index contributed by atoms with van der Waals surface area (Å²) in [5.41, 5.74) is 0.728. The van der Waals surface area contributed by atoms with Gasteiger partial charge in [0.05, 0.1) is 6.42 Å². The van der Waals surface area contributed by atoms with E-state index in [1.807, 2.05) is 6.07 Å². The van der Waals surface area contributed by atoms with Gasteiger partial charge in [0.25, 0.3) is 0 Å². The molecule has 2 rings (SSSR count). The van der Waals surface area contributed by atoms with Gasteiger partial charge in [-0.1, -0.05) is 30.3 Å². The highest BCUT2D eigenvalue weighted by molar-refractivity contribution is 6.04. The molecule has 2 atom stereocenters. The van der Waals surface area contributed by atoms with Gasteiger partial charge in [0.1, 0.15) is 5.78 Å². The summed E-state index contributed by atoms with van der Waals surface area (Å²) in [6.07, 6.45) is -1.63. The summed E-state index contributed by atoms with van der Waals surface area (Å²) in [6.45, 7) is 0. The van der Waals surface area contributed by atoms with E-state index < -0.39 is 17.9 Å². The molecule has 0 N–H and O–H groups in total. The van der Waals surface area contributed by atoms with Crippen LogP contribution in [0.3, 0.4) is 0 Å². The lowest BCUT2D eigenvalue weighted by atomic mass is 9.81. The fourth-order valence-electron chi connectivity index (χ4n) is 1.92. The van der Waals surface area contributed by atoms with Gasteiger partial charge < -0.3 is 0 Å². The number of hydrogen-bond acceptors (Lipinski definition) is 2. The van der Waals surface area contributed by atoms with Gasteiger partial charge in [-0.2, -0.15) is 0 Å². The Bertz CT molecular complexity index is 386. The Morgan fingerprint density at radius 1 is 1.13 bits per heavy atom. The number of carbonyl (C=O) groups is 2. The highest BCUT2D eigenvalue weighted by Gasteiger charge is 2.36. The van der Waals surface area contributed by atoms with Gasteiger partial charge in [-0.25, -0.2) is 4.39 Å². The second kappa shape index (κ2) is 3.93. The molecule has 0 amide bonds. The van der Waals surface area contributed by atoms with E-state index in [4.69, 9.17) is 0 Å². The van der Waals surface area contributed by atoms with Crippen LogP contribution in [0.15, 0.2) is 30.3 Å². The van der Waals surface area contributed by atoms with Crippen LogP contribution < -0.4 is 0 Å². The maximum Gasteiger partial charge on any atom is 0.174 e. The molecule has 0 spiro atoms. The summed E-state index contributed by atoms with van der Waals surface area (Å²) in [5.74, 6) is -1.33. The number of ketones is 2. The first-order chi connectivity index (χ1) is 7.18. The summed E-state index contributed by atoms with van der Waals surface area (Å²) >= 11 is 0. The summed E-state index contributed by atoms with van der Waals surface area (Å²) in [6, 6.07) is 8.90. The zero-order chi connectivity index (χ0) is 10.8. The second-order valence-electron chi connectivity index (χ2n) is 3.80. The fraction of sp³-hybridized carbons (Fsp3) is 0.333. The molecule has 0 heterocycles. The number of Topliss-reactive ketones (excluding diaryl/α,β-unsaturated/α-hetero) is 2. The van der Waals surface area contributed by atoms with Crippen molar-refractivity contribution in [2.45, 2.75) is 24.9 Å². The predicted molar refractivity (Wildman–Crippen MR) is 53.3 cm³/mol. The van der Waals surface area contributed by atoms with E-state index in [-0.39, 0.29) is 18.6 Å². The number of hydrogen-bond donors (Lipinski definition) is 0. The van der Waals surface area contributed by atoms with E-state index in [1.54, 1.807) is 24.3 Å². The molecule has 78 valence electrons. The van der Waals surface area contributed by atoms with Gasteiger partial charge in [0, 0.05) is 12.3 Å². The van der Waals surface area contributed by atoms with Crippen molar-refractivity contribution in [3.8, 4) is 0 Å². The first-order valence-electron chi connectivity index (χ1n) is 4.92. The average molecular weight is 206 g/mol. The Morgan fingerprint density at radius 3 is 2.47 bits per heavy atom. The van der Waals surface area contributed by atoms with E-state index in [2.05, 4.69) is 0 Å². The van der Waals surface area contributed by atoms with Crippen molar-refractivity contribution in [3.63, 3.8) is 0 Å². The molecule has 0 aromatic heterocycles. The molecule has 1 aromatic carbocycles. The molecule has 1 aliphatic carbocycles. The van der Waals surface area contributed by atoms with Gasteiger partial charge in [0.15, 0.2) is 12.0 Å². The molecule has 0 radical (unpaired) electrons. The molecule has 2 unspecified atom stereocenters. The van der Waals surface area contributed by atoms with E-state index >= 15 is 0 Å². The molecule has 1 saturated carbocycles. The van der Waals surface area contributed by atoms with Crippen molar-refractivity contribution < 1.29 is 14.0 Å². The van der Waals surface area contributed by atoms with E-state index in [0.717, 1.165) is 5.56 Å². The lowest BCUT2D eigenvalue weighted by Crippen LogP contribution is -2.33. The topological polar surface area (TPSA) is 34.1 Å². The number of carbonyl (C=O) groups excluding carboxylic acids is 2. The normalized spacial score (nSPS) is 26.7. The molecule has 3 heteroatoms. The molecule has 1 aromatic rings. The second-order valence-corrected chi connectivity index (χ2v) is 3.80. The SMILES string of the molecule is O=C1CC(=O)C(F)C(c2ccccc2)C1. The molecular weight excluding hydrogens is 195 g/mol. The highest BCUT2D eigenvalue weighted by atomic mass is 19.1. The van der Waals surface area contributed by atoms with Crippen LogP contribution in [-0.4, -0.2) is 17.7 Å². The van der Waals surface area contributed by atoms with E-state index in [1.165, 1.54) is 0 Å². The number of alkyl halides is 1. The molecule has 2 nitrogen and oxygen atoms in total. The van der Waals surface area contributed by atoms with Gasteiger partial charge >= 0.3 is 0 Å². The molecule has 0 bridgehead atoms. The predicted octanol–water partition coefficient (Wildman–Crippen LogP) is 2.04. The third-order valence-corrected chi connectivity index (χ3v) is 2.71. The zero-order valence-corrected chi connectivity index (χ0v) is 8.15. The third kappa shape index (κ3) is 1.96. The smallest absolute Gasteiger partial charge is 0.174 e. The first kappa shape index (κ1) is 10.0. The number of halogens is 1. The Kier molecular flexibility index (Phi) is 2.62. The van der Waals surface area contributed by atoms with Crippen LogP contribution >= 0.6 is 0 Å². The molecule has 0 aliphatic heterocycles. The number of benzene rings is 1. The van der Waals surface area contributed by atoms with Crippen LogP contribution in [0.1, 0.15) is 24.3 Å². The fourth-order valence-corrected chi connectivity index (χ4v) is 1.92. The van der Waals surface area contributed by atoms with Crippen molar-refractivity contribution >= 4 is 11.6 Å². The molecule has 1 fully saturated rings. The zero-order valence-electron chi connectivity index (χ0n) is 8.15. The van der Waals surface area contributed by atoms with Crippen LogP contribution in [0.5, 0.6) is 0 Å². The standard InChI is InChI=1S/C12H11FO2/c13-12-10(6-9(14)7-11(12)15)8-4-2-1-3-5-8/h1-5,10,12H,6-7H2. The van der Waals surface area contributed by atoms with Crippen molar-refractivity contribution in [2.75, 3.05) is 0 Å². The molecular formula is C12H11FO2. The summed E-state index contributed by atoms with van der Waals surface area (Å²) < 4.78 is 13.6. The summed E-state index contributed by atoms with van der Waals surface area (Å²) in [4.78, 5) is 22.4. The van der Waals surface area contributed by atoms with Crippen molar-refractivity contribution in [3.05, 3.63) is 35.9 Å². The van der Waals surface area contributed by atoms with Crippen molar-refractivity contribution in [1.82, 2.24) is 0 Å². The molecule has 15 heavy (non-hydrogen) atoms. The van der Waals surface area contributed by atoms with Crippen molar-refractivity contribution in [2.24, 2.45) is 0 Å². The van der Waals surface area contributed by atoms with Gasteiger partial charge in [-0.15, -0.1) is 0 Å². The third-order valence-electron chi connectivity index (χ3n) is 2.71. The Balaban J connectivity index is 2.28. The first-order valence-corrected chi connectivity index (χ1v) is 4.92. The Hall–Kier alpha value is -1.51. The van der Waals surface area contributed by atoms with Crippen LogP contribution in [-0.2, 0) is 9.59 Å². The maximum absolute atomic E-state index is 13.6. The van der Waals surface area contributed by atoms with Crippen LogP contribution in [0.4, 0.5) is 4.39 Å². The van der Waals surface area contributed by atoms with Crippen molar-refractivity contribution in [1.29, 1.82) is 0 Å². The summed E-state index contributed by atoms with van der Waals surface area (Å²) in [7, 11) is 0. The highest BCUT2D eigenvalue weighted by Crippen LogP contribution is 2.31. The van der Waals surface area contributed by atoms with E-state index in [0.29, 0.717) is 0 Å². The minimum Gasteiger partial charge on any atom is -0.299 e. The number of rotatable bonds is 1.